The molecule has 4 rings (SSSR count). The molecule has 2 atom stereocenters. The predicted octanol–water partition coefficient (Wildman–Crippen LogP) is 2.11. The van der Waals surface area contributed by atoms with Crippen LogP contribution in [0.15, 0.2) is 18.2 Å². The number of amides is 3. The Bertz CT molecular complexity index is 737. The third kappa shape index (κ3) is 2.77. The quantitative estimate of drug-likeness (QED) is 0.665. The zero-order valence-corrected chi connectivity index (χ0v) is 14.9. The highest BCUT2D eigenvalue weighted by Gasteiger charge is 2.47. The van der Waals surface area contributed by atoms with Crippen LogP contribution in [0, 0.1) is 11.8 Å². The number of carbonyl (C=O) groups excluding carboxylic acids is 3. The van der Waals surface area contributed by atoms with Gasteiger partial charge in [0.15, 0.2) is 0 Å². The van der Waals surface area contributed by atoms with E-state index in [-0.39, 0.29) is 42.5 Å². The molecule has 0 spiro atoms. The number of nitrogens with two attached hydrogens (primary N) is 1. The van der Waals surface area contributed by atoms with E-state index in [9.17, 15) is 14.4 Å². The molecule has 138 valence electrons. The van der Waals surface area contributed by atoms with Gasteiger partial charge in [0, 0.05) is 30.9 Å². The van der Waals surface area contributed by atoms with E-state index in [1.807, 2.05) is 18.2 Å². The lowest BCUT2D eigenvalue weighted by atomic mass is 9.81. The summed E-state index contributed by atoms with van der Waals surface area (Å²) in [6, 6.07) is 5.64. The summed E-state index contributed by atoms with van der Waals surface area (Å²) in [5.74, 6) is -0.498. The van der Waals surface area contributed by atoms with Crippen LogP contribution in [-0.2, 0) is 20.8 Å². The molecule has 1 saturated heterocycles. The van der Waals surface area contributed by atoms with Crippen molar-refractivity contribution in [2.24, 2.45) is 11.8 Å². The number of likely N-dealkylation sites (tertiary alicyclic amines) is 1. The Hall–Kier alpha value is -2.37. The fourth-order valence-corrected chi connectivity index (χ4v) is 4.70. The molecular formula is C20H25N3O3. The second-order valence-corrected chi connectivity index (χ2v) is 7.57. The lowest BCUT2D eigenvalue weighted by molar-refractivity contribution is -0.140. The first kappa shape index (κ1) is 17.1. The molecule has 3 aliphatic rings. The first-order valence-electron chi connectivity index (χ1n) is 9.61. The van der Waals surface area contributed by atoms with E-state index in [1.54, 1.807) is 4.90 Å². The number of rotatable bonds is 3. The van der Waals surface area contributed by atoms with E-state index in [0.717, 1.165) is 49.8 Å². The number of hydrogen-bond acceptors (Lipinski definition) is 4. The number of hydrogen-bond donors (Lipinski definition) is 1. The second kappa shape index (κ2) is 6.74. The number of fused-ring (bicyclic) bond motifs is 2. The molecule has 1 aromatic rings. The largest absolute Gasteiger partial charge is 0.398 e. The summed E-state index contributed by atoms with van der Waals surface area (Å²) < 4.78 is 0. The number of carbonyl (C=O) groups is 3. The SMILES string of the molecule is Nc1cccc2c1CCCN2C(=O)CCN1C(=O)C2CCCCC2C1=O. The first-order valence-corrected chi connectivity index (χ1v) is 9.61. The highest BCUT2D eigenvalue weighted by Crippen LogP contribution is 2.38. The number of imide groups is 1. The second-order valence-electron chi connectivity index (χ2n) is 7.57. The fraction of sp³-hybridized carbons (Fsp3) is 0.550. The van der Waals surface area contributed by atoms with Gasteiger partial charge in [-0.05, 0) is 43.4 Å². The van der Waals surface area contributed by atoms with Crippen molar-refractivity contribution in [1.82, 2.24) is 4.90 Å². The van der Waals surface area contributed by atoms with Crippen LogP contribution >= 0.6 is 0 Å². The van der Waals surface area contributed by atoms with Crippen molar-refractivity contribution < 1.29 is 14.4 Å². The summed E-state index contributed by atoms with van der Waals surface area (Å²) in [7, 11) is 0. The summed E-state index contributed by atoms with van der Waals surface area (Å²) in [4.78, 5) is 41.0. The third-order valence-corrected chi connectivity index (χ3v) is 6.07. The van der Waals surface area contributed by atoms with Gasteiger partial charge < -0.3 is 10.6 Å². The van der Waals surface area contributed by atoms with Crippen molar-refractivity contribution in [2.45, 2.75) is 44.9 Å². The minimum atomic E-state index is -0.151. The maximum Gasteiger partial charge on any atom is 0.233 e. The Morgan fingerprint density at radius 1 is 1.08 bits per heavy atom. The third-order valence-electron chi connectivity index (χ3n) is 6.07. The summed E-state index contributed by atoms with van der Waals surface area (Å²) in [5.41, 5.74) is 8.65. The molecule has 2 heterocycles. The van der Waals surface area contributed by atoms with E-state index >= 15 is 0 Å². The molecule has 1 saturated carbocycles. The molecule has 0 bridgehead atoms. The summed E-state index contributed by atoms with van der Waals surface area (Å²) >= 11 is 0. The van der Waals surface area contributed by atoms with Crippen LogP contribution in [0.25, 0.3) is 0 Å². The molecule has 2 unspecified atom stereocenters. The van der Waals surface area contributed by atoms with Crippen molar-refractivity contribution in [1.29, 1.82) is 0 Å². The van der Waals surface area contributed by atoms with Crippen LogP contribution < -0.4 is 10.6 Å². The standard InChI is InChI=1S/C20H25N3O3/c21-16-8-3-9-17-15(16)7-4-11-22(17)18(24)10-12-23-19(25)13-5-1-2-6-14(13)20(23)26/h3,8-9,13-14H,1-2,4-7,10-12,21H2. The van der Waals surface area contributed by atoms with Gasteiger partial charge in [-0.1, -0.05) is 18.9 Å². The van der Waals surface area contributed by atoms with Crippen molar-refractivity contribution in [2.75, 3.05) is 23.7 Å². The molecule has 1 aromatic carbocycles. The smallest absolute Gasteiger partial charge is 0.233 e. The number of nitrogens with zero attached hydrogens (tertiary/aromatic N) is 2. The topological polar surface area (TPSA) is 83.7 Å². The molecule has 1 aliphatic carbocycles. The summed E-state index contributed by atoms with van der Waals surface area (Å²) in [6.07, 6.45) is 5.55. The van der Waals surface area contributed by atoms with Crippen LogP contribution in [0.1, 0.15) is 44.1 Å². The highest BCUT2D eigenvalue weighted by molar-refractivity contribution is 6.05. The van der Waals surface area contributed by atoms with Crippen molar-refractivity contribution in [3.8, 4) is 0 Å². The molecule has 6 heteroatoms. The van der Waals surface area contributed by atoms with Gasteiger partial charge in [-0.15, -0.1) is 0 Å². The number of benzene rings is 1. The van der Waals surface area contributed by atoms with Gasteiger partial charge in [0.1, 0.15) is 0 Å². The average Bonchev–Trinajstić information content (AvgIpc) is 2.91. The van der Waals surface area contributed by atoms with Crippen LogP contribution in [0.3, 0.4) is 0 Å². The number of anilines is 2. The maximum atomic E-state index is 12.8. The Labute approximate surface area is 153 Å². The van der Waals surface area contributed by atoms with Crippen LogP contribution in [0.4, 0.5) is 11.4 Å². The van der Waals surface area contributed by atoms with Gasteiger partial charge in [0.2, 0.25) is 17.7 Å². The zero-order valence-electron chi connectivity index (χ0n) is 14.9. The highest BCUT2D eigenvalue weighted by atomic mass is 16.2. The van der Waals surface area contributed by atoms with Crippen molar-refractivity contribution in [3.05, 3.63) is 23.8 Å². The minimum Gasteiger partial charge on any atom is -0.398 e. The minimum absolute atomic E-state index is 0.0491. The van der Waals surface area contributed by atoms with Crippen LogP contribution in [0.5, 0.6) is 0 Å². The molecule has 0 radical (unpaired) electrons. The Balaban J connectivity index is 1.45. The fourth-order valence-electron chi connectivity index (χ4n) is 4.70. The van der Waals surface area contributed by atoms with Gasteiger partial charge in [-0.2, -0.15) is 0 Å². The lowest BCUT2D eigenvalue weighted by Crippen LogP contribution is -2.39. The van der Waals surface area contributed by atoms with Gasteiger partial charge >= 0.3 is 0 Å². The zero-order chi connectivity index (χ0) is 18.3. The molecule has 2 aliphatic heterocycles. The molecule has 6 nitrogen and oxygen atoms in total. The Morgan fingerprint density at radius 2 is 1.77 bits per heavy atom. The molecule has 2 fully saturated rings. The van der Waals surface area contributed by atoms with E-state index in [2.05, 4.69) is 0 Å². The van der Waals surface area contributed by atoms with Gasteiger partial charge in [0.05, 0.1) is 11.8 Å². The van der Waals surface area contributed by atoms with E-state index in [0.29, 0.717) is 12.2 Å². The van der Waals surface area contributed by atoms with E-state index in [1.165, 1.54) is 4.90 Å². The Kier molecular flexibility index (Phi) is 4.42. The molecule has 2 N–H and O–H groups in total. The van der Waals surface area contributed by atoms with E-state index < -0.39 is 0 Å². The van der Waals surface area contributed by atoms with Gasteiger partial charge in [-0.25, -0.2) is 0 Å². The molecule has 3 amide bonds. The first-order chi connectivity index (χ1) is 12.6. The molecular weight excluding hydrogens is 330 g/mol. The monoisotopic (exact) mass is 355 g/mol. The van der Waals surface area contributed by atoms with Crippen LogP contribution in [0.2, 0.25) is 0 Å². The summed E-state index contributed by atoms with van der Waals surface area (Å²) in [5, 5.41) is 0. The van der Waals surface area contributed by atoms with E-state index in [4.69, 9.17) is 5.73 Å². The molecule has 0 aromatic heterocycles. The average molecular weight is 355 g/mol. The van der Waals surface area contributed by atoms with Crippen molar-refractivity contribution >= 4 is 29.1 Å². The van der Waals surface area contributed by atoms with Crippen molar-refractivity contribution in [3.63, 3.8) is 0 Å². The normalized spacial score (nSPS) is 25.2. The summed E-state index contributed by atoms with van der Waals surface area (Å²) in [6.45, 7) is 0.847. The van der Waals surface area contributed by atoms with Crippen LogP contribution in [-0.4, -0.2) is 35.7 Å². The lowest BCUT2D eigenvalue weighted by Gasteiger charge is -2.30. The van der Waals surface area contributed by atoms with Gasteiger partial charge in [0.25, 0.3) is 0 Å². The molecule has 26 heavy (non-hydrogen) atoms. The predicted molar refractivity (Wildman–Crippen MR) is 98.3 cm³/mol. The number of nitrogen functional groups attached to an aromatic ring is 1. The Morgan fingerprint density at radius 3 is 2.46 bits per heavy atom. The van der Waals surface area contributed by atoms with Gasteiger partial charge in [-0.3, -0.25) is 19.3 Å². The maximum absolute atomic E-state index is 12.8.